The Hall–Kier alpha value is -0.160. The predicted octanol–water partition coefficient (Wildman–Crippen LogP) is 1.30. The van der Waals surface area contributed by atoms with Crippen molar-refractivity contribution in [2.75, 3.05) is 47.1 Å². The monoisotopic (exact) mass is 245 g/mol. The summed E-state index contributed by atoms with van der Waals surface area (Å²) in [4.78, 5) is 0. The van der Waals surface area contributed by atoms with Crippen molar-refractivity contribution in [2.24, 2.45) is 11.3 Å². The van der Waals surface area contributed by atoms with Gasteiger partial charge in [0.25, 0.3) is 0 Å². The lowest BCUT2D eigenvalue weighted by Gasteiger charge is -2.38. The molecular formula is C13H27NO3. The van der Waals surface area contributed by atoms with Gasteiger partial charge in [0, 0.05) is 45.9 Å². The van der Waals surface area contributed by atoms with Crippen molar-refractivity contribution in [3.05, 3.63) is 0 Å². The molecule has 1 saturated heterocycles. The number of ether oxygens (including phenoxy) is 3. The van der Waals surface area contributed by atoms with E-state index < -0.39 is 0 Å². The van der Waals surface area contributed by atoms with Gasteiger partial charge in [-0.25, -0.2) is 0 Å². The van der Waals surface area contributed by atoms with E-state index in [0.29, 0.717) is 12.0 Å². The molecule has 1 heterocycles. The summed E-state index contributed by atoms with van der Waals surface area (Å²) in [5.74, 6) is 0.500. The average Bonchev–Trinajstić information content (AvgIpc) is 2.68. The minimum absolute atomic E-state index is 0.198. The molecule has 0 bridgehead atoms. The lowest BCUT2D eigenvalue weighted by molar-refractivity contribution is 0.00376. The van der Waals surface area contributed by atoms with E-state index >= 15 is 0 Å². The maximum Gasteiger partial charge on any atom is 0.0619 e. The molecular weight excluding hydrogens is 218 g/mol. The van der Waals surface area contributed by atoms with E-state index in [-0.39, 0.29) is 5.41 Å². The number of methoxy groups -OCH3 is 2. The first-order valence-electron chi connectivity index (χ1n) is 6.47. The Morgan fingerprint density at radius 3 is 2.71 bits per heavy atom. The van der Waals surface area contributed by atoms with E-state index in [1.54, 1.807) is 14.2 Å². The van der Waals surface area contributed by atoms with Crippen LogP contribution in [0.1, 0.15) is 20.3 Å². The molecule has 4 nitrogen and oxygen atoms in total. The quantitative estimate of drug-likeness (QED) is 0.654. The zero-order valence-electron chi connectivity index (χ0n) is 11.6. The fourth-order valence-corrected chi connectivity index (χ4v) is 2.76. The lowest BCUT2D eigenvalue weighted by atomic mass is 9.71. The molecule has 0 saturated carbocycles. The highest BCUT2D eigenvalue weighted by atomic mass is 16.5. The molecule has 1 N–H and O–H groups in total. The van der Waals surface area contributed by atoms with Gasteiger partial charge in [0.15, 0.2) is 0 Å². The van der Waals surface area contributed by atoms with Crippen LogP contribution in [-0.4, -0.2) is 53.2 Å². The third-order valence-electron chi connectivity index (χ3n) is 4.08. The van der Waals surface area contributed by atoms with E-state index in [4.69, 9.17) is 14.2 Å². The zero-order valence-corrected chi connectivity index (χ0v) is 11.6. The van der Waals surface area contributed by atoms with Crippen molar-refractivity contribution >= 4 is 0 Å². The highest BCUT2D eigenvalue weighted by molar-refractivity contribution is 4.95. The van der Waals surface area contributed by atoms with Gasteiger partial charge >= 0.3 is 0 Å². The third kappa shape index (κ3) is 3.65. The molecule has 3 atom stereocenters. The van der Waals surface area contributed by atoms with Crippen LogP contribution in [0, 0.1) is 11.3 Å². The van der Waals surface area contributed by atoms with Crippen molar-refractivity contribution in [1.29, 1.82) is 0 Å². The normalized spacial score (nSPS) is 30.7. The van der Waals surface area contributed by atoms with E-state index in [0.717, 1.165) is 39.3 Å². The van der Waals surface area contributed by atoms with Crippen LogP contribution in [0.15, 0.2) is 0 Å². The molecule has 0 aliphatic carbocycles. The van der Waals surface area contributed by atoms with Crippen molar-refractivity contribution in [3.63, 3.8) is 0 Å². The molecule has 17 heavy (non-hydrogen) atoms. The number of hydrogen-bond acceptors (Lipinski definition) is 4. The summed E-state index contributed by atoms with van der Waals surface area (Å²) in [7, 11) is 3.50. The molecule has 102 valence electrons. The van der Waals surface area contributed by atoms with Crippen LogP contribution in [0.4, 0.5) is 0 Å². The summed E-state index contributed by atoms with van der Waals surface area (Å²) in [5.41, 5.74) is 0.198. The topological polar surface area (TPSA) is 39.7 Å². The van der Waals surface area contributed by atoms with E-state index in [2.05, 4.69) is 19.2 Å². The molecule has 0 amide bonds. The second-order valence-electron chi connectivity index (χ2n) is 5.02. The van der Waals surface area contributed by atoms with E-state index in [1.807, 2.05) is 0 Å². The molecule has 4 heteroatoms. The average molecular weight is 245 g/mol. The second-order valence-corrected chi connectivity index (χ2v) is 5.02. The SMILES string of the molecule is COCCNCC1(C(C)COC)CCOC1C. The molecule has 1 fully saturated rings. The largest absolute Gasteiger partial charge is 0.384 e. The third-order valence-corrected chi connectivity index (χ3v) is 4.08. The highest BCUT2D eigenvalue weighted by Crippen LogP contribution is 2.41. The summed E-state index contributed by atoms with van der Waals surface area (Å²) in [6, 6.07) is 0. The van der Waals surface area contributed by atoms with Crippen LogP contribution in [0.2, 0.25) is 0 Å². The fraction of sp³-hybridized carbons (Fsp3) is 1.00. The second kappa shape index (κ2) is 7.31. The fourth-order valence-electron chi connectivity index (χ4n) is 2.76. The standard InChI is InChI=1S/C13H27NO3/c1-11(9-16-4)13(5-7-17-12(13)2)10-14-6-8-15-3/h11-12,14H,5-10H2,1-4H3. The van der Waals surface area contributed by atoms with Gasteiger partial charge in [0.1, 0.15) is 0 Å². The van der Waals surface area contributed by atoms with Gasteiger partial charge < -0.3 is 19.5 Å². The van der Waals surface area contributed by atoms with Gasteiger partial charge in [-0.1, -0.05) is 6.92 Å². The van der Waals surface area contributed by atoms with Crippen LogP contribution >= 0.6 is 0 Å². The summed E-state index contributed by atoms with van der Waals surface area (Å²) in [5, 5.41) is 3.48. The molecule has 0 spiro atoms. The number of rotatable bonds is 8. The van der Waals surface area contributed by atoms with Crippen LogP contribution in [0.5, 0.6) is 0 Å². The molecule has 1 aliphatic rings. The van der Waals surface area contributed by atoms with Crippen LogP contribution in [0.3, 0.4) is 0 Å². The minimum Gasteiger partial charge on any atom is -0.384 e. The molecule has 0 aromatic rings. The Bertz CT molecular complexity index is 213. The summed E-state index contributed by atoms with van der Waals surface area (Å²) < 4.78 is 16.1. The first kappa shape index (κ1) is 14.9. The molecule has 0 radical (unpaired) electrons. The Labute approximate surface area is 105 Å². The van der Waals surface area contributed by atoms with Gasteiger partial charge in [-0.3, -0.25) is 0 Å². The van der Waals surface area contributed by atoms with Gasteiger partial charge in [-0.05, 0) is 19.3 Å². The molecule has 0 aromatic heterocycles. The van der Waals surface area contributed by atoms with Crippen LogP contribution < -0.4 is 5.32 Å². The Morgan fingerprint density at radius 2 is 2.18 bits per heavy atom. The van der Waals surface area contributed by atoms with Crippen LogP contribution in [0.25, 0.3) is 0 Å². The molecule has 3 unspecified atom stereocenters. The molecule has 1 aliphatic heterocycles. The molecule has 0 aromatic carbocycles. The maximum absolute atomic E-state index is 5.77. The van der Waals surface area contributed by atoms with Crippen molar-refractivity contribution in [3.8, 4) is 0 Å². The van der Waals surface area contributed by atoms with Crippen LogP contribution in [-0.2, 0) is 14.2 Å². The Kier molecular flexibility index (Phi) is 6.41. The smallest absolute Gasteiger partial charge is 0.0619 e. The van der Waals surface area contributed by atoms with Gasteiger partial charge in [0.2, 0.25) is 0 Å². The minimum atomic E-state index is 0.198. The van der Waals surface area contributed by atoms with Crippen molar-refractivity contribution in [1.82, 2.24) is 5.32 Å². The summed E-state index contributed by atoms with van der Waals surface area (Å²) in [6.45, 7) is 8.71. The zero-order chi connectivity index (χ0) is 12.7. The summed E-state index contributed by atoms with van der Waals surface area (Å²) >= 11 is 0. The van der Waals surface area contributed by atoms with Gasteiger partial charge in [-0.15, -0.1) is 0 Å². The van der Waals surface area contributed by atoms with E-state index in [9.17, 15) is 0 Å². The first-order chi connectivity index (χ1) is 8.17. The number of nitrogens with one attached hydrogen (secondary N) is 1. The summed E-state index contributed by atoms with van der Waals surface area (Å²) in [6.07, 6.45) is 1.40. The van der Waals surface area contributed by atoms with Gasteiger partial charge in [-0.2, -0.15) is 0 Å². The molecule has 1 rings (SSSR count). The maximum atomic E-state index is 5.77. The Balaban J connectivity index is 2.53. The predicted molar refractivity (Wildman–Crippen MR) is 68.2 cm³/mol. The first-order valence-corrected chi connectivity index (χ1v) is 6.47. The lowest BCUT2D eigenvalue weighted by Crippen LogP contribution is -2.46. The Morgan fingerprint density at radius 1 is 1.41 bits per heavy atom. The highest BCUT2D eigenvalue weighted by Gasteiger charge is 2.45. The van der Waals surface area contributed by atoms with Crippen molar-refractivity contribution < 1.29 is 14.2 Å². The number of hydrogen-bond donors (Lipinski definition) is 1. The van der Waals surface area contributed by atoms with E-state index in [1.165, 1.54) is 0 Å². The van der Waals surface area contributed by atoms with Gasteiger partial charge in [0.05, 0.1) is 12.7 Å². The van der Waals surface area contributed by atoms with Crippen molar-refractivity contribution in [2.45, 2.75) is 26.4 Å².